The van der Waals surface area contributed by atoms with Gasteiger partial charge in [-0.25, -0.2) is 41.3 Å². The molecule has 0 saturated carbocycles. The van der Waals surface area contributed by atoms with Gasteiger partial charge in [-0.1, -0.05) is 36.4 Å². The number of piperidine rings is 1. The van der Waals surface area contributed by atoms with Crippen molar-refractivity contribution >= 4 is 38.5 Å². The van der Waals surface area contributed by atoms with E-state index in [2.05, 4.69) is 20.0 Å². The van der Waals surface area contributed by atoms with Crippen LogP contribution in [-0.2, 0) is 20.5 Å². The number of benzene rings is 3. The number of hydrogen-bond donors (Lipinski definition) is 2. The fourth-order valence-corrected chi connectivity index (χ4v) is 7.20. The summed E-state index contributed by atoms with van der Waals surface area (Å²) in [6, 6.07) is 15.9. The third kappa shape index (κ3) is 9.14. The van der Waals surface area contributed by atoms with Gasteiger partial charge >= 0.3 is 6.09 Å². The van der Waals surface area contributed by atoms with Gasteiger partial charge in [-0.15, -0.1) is 0 Å². The summed E-state index contributed by atoms with van der Waals surface area (Å²) in [7, 11) is -4.17. The number of nitrogens with one attached hydrogen (secondary N) is 2. The van der Waals surface area contributed by atoms with Crippen LogP contribution in [0.3, 0.4) is 0 Å². The lowest BCUT2D eigenvalue weighted by atomic mass is 10.0. The number of carbonyl (C=O) groups is 1. The standard InChI is InChI=1S/C38H39F3N6O5S/c1-23-9-14-27-28(15-16-30(39)32(27)46-53(49,50)22-24-10-12-25(13-11-24)34(40)41)33(23)51-35-29(8-5-18-42-35)31-17-19-43-36(45-31)44-26-7-6-20-47(21-26)37(48)52-38(2,3)4/h5,8-19,26,34,46H,6-7,20-22H2,1-4H3,(H,43,44,45). The highest BCUT2D eigenvalue weighted by atomic mass is 32.2. The van der Waals surface area contributed by atoms with E-state index in [1.54, 1.807) is 54.5 Å². The van der Waals surface area contributed by atoms with E-state index in [0.29, 0.717) is 47.0 Å². The number of alkyl halides is 2. The Morgan fingerprint density at radius 2 is 1.75 bits per heavy atom. The molecule has 0 spiro atoms. The number of halogens is 3. The second kappa shape index (κ2) is 15.3. The fraction of sp³-hybridized carbons (Fsp3) is 0.316. The average molecular weight is 749 g/mol. The number of nitrogens with zero attached hydrogens (tertiary/aromatic N) is 4. The molecule has 278 valence electrons. The van der Waals surface area contributed by atoms with E-state index < -0.39 is 33.6 Å². The van der Waals surface area contributed by atoms with Crippen molar-refractivity contribution in [2.24, 2.45) is 0 Å². The van der Waals surface area contributed by atoms with Crippen LogP contribution in [0.15, 0.2) is 79.1 Å². The summed E-state index contributed by atoms with van der Waals surface area (Å²) in [6.07, 6.45) is 1.69. The number of anilines is 2. The van der Waals surface area contributed by atoms with Crippen LogP contribution in [0.4, 0.5) is 29.6 Å². The summed E-state index contributed by atoms with van der Waals surface area (Å²) in [4.78, 5) is 28.0. The third-order valence-corrected chi connectivity index (χ3v) is 9.68. The zero-order valence-electron chi connectivity index (χ0n) is 29.6. The van der Waals surface area contributed by atoms with Crippen molar-refractivity contribution in [3.05, 3.63) is 102 Å². The molecule has 3 heterocycles. The van der Waals surface area contributed by atoms with E-state index in [0.717, 1.165) is 31.0 Å². The van der Waals surface area contributed by atoms with Crippen molar-refractivity contribution in [2.45, 2.75) is 64.4 Å². The van der Waals surface area contributed by atoms with Crippen LogP contribution in [0.1, 0.15) is 56.7 Å². The lowest BCUT2D eigenvalue weighted by molar-refractivity contribution is 0.0206. The van der Waals surface area contributed by atoms with Crippen molar-refractivity contribution < 1.29 is 35.9 Å². The molecule has 0 radical (unpaired) electrons. The molecule has 1 aliphatic rings. The Hall–Kier alpha value is -5.44. The highest BCUT2D eigenvalue weighted by Gasteiger charge is 2.28. The number of aromatic nitrogens is 3. The lowest BCUT2D eigenvalue weighted by Crippen LogP contribution is -2.47. The average Bonchev–Trinajstić information content (AvgIpc) is 3.10. The quantitative estimate of drug-likeness (QED) is 0.144. The van der Waals surface area contributed by atoms with Crippen molar-refractivity contribution in [1.29, 1.82) is 0 Å². The molecule has 6 rings (SSSR count). The zero-order valence-corrected chi connectivity index (χ0v) is 30.4. The van der Waals surface area contributed by atoms with Crippen LogP contribution in [0, 0.1) is 12.7 Å². The first-order valence-corrected chi connectivity index (χ1v) is 18.6. The van der Waals surface area contributed by atoms with Gasteiger partial charge in [-0.2, -0.15) is 0 Å². The first-order chi connectivity index (χ1) is 25.2. The largest absolute Gasteiger partial charge is 0.444 e. The first kappa shape index (κ1) is 37.3. The second-order valence-electron chi connectivity index (χ2n) is 13.8. The van der Waals surface area contributed by atoms with Gasteiger partial charge in [0.1, 0.15) is 17.2 Å². The van der Waals surface area contributed by atoms with Crippen molar-refractivity contribution in [1.82, 2.24) is 19.9 Å². The number of pyridine rings is 1. The number of ether oxygens (including phenoxy) is 2. The Morgan fingerprint density at radius 1 is 1.00 bits per heavy atom. The summed E-state index contributed by atoms with van der Waals surface area (Å²) >= 11 is 0. The molecule has 15 heteroatoms. The highest BCUT2D eigenvalue weighted by molar-refractivity contribution is 7.91. The first-order valence-electron chi connectivity index (χ1n) is 17.0. The van der Waals surface area contributed by atoms with E-state index in [9.17, 15) is 22.0 Å². The van der Waals surface area contributed by atoms with E-state index >= 15 is 4.39 Å². The summed E-state index contributed by atoms with van der Waals surface area (Å²) < 4.78 is 81.9. The van der Waals surface area contributed by atoms with Gasteiger partial charge in [0, 0.05) is 47.9 Å². The molecule has 0 bridgehead atoms. The molecule has 1 unspecified atom stereocenters. The zero-order chi connectivity index (χ0) is 37.9. The van der Waals surface area contributed by atoms with Gasteiger partial charge in [0.2, 0.25) is 21.9 Å². The Labute approximate surface area is 305 Å². The maximum Gasteiger partial charge on any atom is 0.410 e. The number of aryl methyl sites for hydroxylation is 1. The smallest absolute Gasteiger partial charge is 0.410 e. The Kier molecular flexibility index (Phi) is 10.8. The number of rotatable bonds is 10. The molecule has 2 N–H and O–H groups in total. The molecule has 1 saturated heterocycles. The molecule has 5 aromatic rings. The van der Waals surface area contributed by atoms with Crippen LogP contribution in [-0.4, -0.2) is 59.1 Å². The number of amides is 1. The summed E-state index contributed by atoms with van der Waals surface area (Å²) in [5, 5.41) is 3.99. The minimum atomic E-state index is -4.17. The fourth-order valence-electron chi connectivity index (χ4n) is 5.98. The topological polar surface area (TPSA) is 136 Å². The van der Waals surface area contributed by atoms with Gasteiger partial charge in [0.25, 0.3) is 6.43 Å². The molecule has 2 aromatic heterocycles. The molecule has 1 atom stereocenters. The number of sulfonamides is 1. The molecule has 1 amide bonds. The predicted molar refractivity (Wildman–Crippen MR) is 196 cm³/mol. The van der Waals surface area contributed by atoms with Crippen LogP contribution < -0.4 is 14.8 Å². The maximum atomic E-state index is 15.3. The third-order valence-electron chi connectivity index (χ3n) is 8.45. The van der Waals surface area contributed by atoms with Gasteiger partial charge in [-0.3, -0.25) is 4.72 Å². The summed E-state index contributed by atoms with van der Waals surface area (Å²) in [6.45, 7) is 8.31. The van der Waals surface area contributed by atoms with Crippen LogP contribution in [0.2, 0.25) is 0 Å². The van der Waals surface area contributed by atoms with E-state index in [1.807, 2.05) is 20.8 Å². The number of hydrogen-bond acceptors (Lipinski definition) is 9. The molecule has 1 aliphatic heterocycles. The molecular weight excluding hydrogens is 710 g/mol. The Bertz CT molecular complexity index is 2230. The van der Waals surface area contributed by atoms with Crippen LogP contribution in [0.5, 0.6) is 11.6 Å². The van der Waals surface area contributed by atoms with Gasteiger partial charge in [-0.05, 0) is 82.0 Å². The Morgan fingerprint density at radius 3 is 2.49 bits per heavy atom. The number of carbonyl (C=O) groups excluding carboxylic acids is 1. The molecule has 0 aliphatic carbocycles. The van der Waals surface area contributed by atoms with Crippen molar-refractivity contribution in [2.75, 3.05) is 23.1 Å². The predicted octanol–water partition coefficient (Wildman–Crippen LogP) is 8.62. The number of likely N-dealkylation sites (tertiary alicyclic amines) is 1. The molecule has 11 nitrogen and oxygen atoms in total. The highest BCUT2D eigenvalue weighted by Crippen LogP contribution is 2.40. The summed E-state index contributed by atoms with van der Waals surface area (Å²) in [5.74, 6) is -0.498. The minimum absolute atomic E-state index is 0.104. The van der Waals surface area contributed by atoms with E-state index in [4.69, 9.17) is 14.5 Å². The van der Waals surface area contributed by atoms with Crippen molar-refractivity contribution in [3.63, 3.8) is 0 Å². The van der Waals surface area contributed by atoms with Crippen molar-refractivity contribution in [3.8, 4) is 22.9 Å². The van der Waals surface area contributed by atoms with Gasteiger partial charge in [0.15, 0.2) is 0 Å². The minimum Gasteiger partial charge on any atom is -0.444 e. The molecule has 3 aromatic carbocycles. The molecule has 1 fully saturated rings. The molecular formula is C38H39F3N6O5S. The second-order valence-corrected chi connectivity index (χ2v) is 15.5. The van der Waals surface area contributed by atoms with E-state index in [1.165, 1.54) is 18.2 Å². The maximum absolute atomic E-state index is 15.3. The van der Waals surface area contributed by atoms with Gasteiger partial charge in [0.05, 0.1) is 22.7 Å². The lowest BCUT2D eigenvalue weighted by Gasteiger charge is -2.34. The van der Waals surface area contributed by atoms with Gasteiger partial charge < -0.3 is 19.7 Å². The van der Waals surface area contributed by atoms with Crippen LogP contribution >= 0.6 is 0 Å². The SMILES string of the molecule is Cc1ccc2c(NS(=O)(=O)Cc3ccc(C(F)F)cc3)c(F)ccc2c1Oc1ncccc1-c1ccnc(NC2CCCN(C(=O)OC(C)(C)C)C2)n1. The Balaban J connectivity index is 1.24. The van der Waals surface area contributed by atoms with E-state index in [-0.39, 0.29) is 40.2 Å². The monoisotopic (exact) mass is 748 g/mol. The molecule has 53 heavy (non-hydrogen) atoms. The normalized spacial score (nSPS) is 15.0. The summed E-state index contributed by atoms with van der Waals surface area (Å²) in [5.41, 5.74) is 0.856. The number of fused-ring (bicyclic) bond motifs is 1. The van der Waals surface area contributed by atoms with Crippen LogP contribution in [0.25, 0.3) is 22.0 Å².